The van der Waals surface area contributed by atoms with E-state index in [9.17, 15) is 14.4 Å². The standard InChI is InChI=1S/C54H100O6/c1-4-7-10-13-16-19-22-25-26-27-30-32-35-38-41-44-47-53(56)59-50-51(60-54(57)48-45-42-39-36-33-29-24-21-18-15-12-9-6-3)49-58-52(55)46-43-40-37-34-31-28-23-20-17-14-11-8-5-2/h12,15,21,24,51H,4-11,13-14,16-20,22-23,25-50H2,1-3H3/b15-12-,24-21-. The second-order valence-corrected chi connectivity index (χ2v) is 17.8. The predicted molar refractivity (Wildman–Crippen MR) is 256 cm³/mol. The minimum absolute atomic E-state index is 0.0721. The van der Waals surface area contributed by atoms with Gasteiger partial charge in [0, 0.05) is 19.3 Å². The number of hydrogen-bond acceptors (Lipinski definition) is 6. The van der Waals surface area contributed by atoms with Crippen molar-refractivity contribution in [1.82, 2.24) is 0 Å². The van der Waals surface area contributed by atoms with E-state index >= 15 is 0 Å². The largest absolute Gasteiger partial charge is 0.462 e. The fraction of sp³-hybridized carbons (Fsp3) is 0.870. The number of unbranched alkanes of at least 4 members (excludes halogenated alkanes) is 33. The molecular weight excluding hydrogens is 745 g/mol. The smallest absolute Gasteiger partial charge is 0.306 e. The summed E-state index contributed by atoms with van der Waals surface area (Å²) in [7, 11) is 0. The van der Waals surface area contributed by atoms with Crippen molar-refractivity contribution in [2.45, 2.75) is 290 Å². The number of esters is 3. The fourth-order valence-corrected chi connectivity index (χ4v) is 7.72. The molecule has 0 saturated carbocycles. The van der Waals surface area contributed by atoms with Crippen LogP contribution in [0.1, 0.15) is 284 Å². The maximum Gasteiger partial charge on any atom is 0.306 e. The van der Waals surface area contributed by atoms with Gasteiger partial charge in [-0.2, -0.15) is 0 Å². The molecule has 0 aliphatic carbocycles. The Labute approximate surface area is 373 Å². The van der Waals surface area contributed by atoms with Crippen LogP contribution in [0.2, 0.25) is 0 Å². The summed E-state index contributed by atoms with van der Waals surface area (Å²) in [6, 6.07) is 0. The van der Waals surface area contributed by atoms with Crippen molar-refractivity contribution in [1.29, 1.82) is 0 Å². The van der Waals surface area contributed by atoms with Crippen LogP contribution in [-0.4, -0.2) is 37.2 Å². The van der Waals surface area contributed by atoms with Crippen molar-refractivity contribution in [3.05, 3.63) is 24.3 Å². The third-order valence-corrected chi connectivity index (χ3v) is 11.7. The highest BCUT2D eigenvalue weighted by atomic mass is 16.6. The first-order valence-electron chi connectivity index (χ1n) is 26.3. The van der Waals surface area contributed by atoms with Crippen LogP contribution in [0, 0.1) is 0 Å². The van der Waals surface area contributed by atoms with E-state index in [1.807, 2.05) is 0 Å². The van der Waals surface area contributed by atoms with Gasteiger partial charge in [-0.05, 0) is 44.9 Å². The lowest BCUT2D eigenvalue weighted by Crippen LogP contribution is -2.30. The molecule has 352 valence electrons. The molecule has 6 nitrogen and oxygen atoms in total. The maximum atomic E-state index is 12.8. The van der Waals surface area contributed by atoms with Crippen LogP contribution in [0.3, 0.4) is 0 Å². The van der Waals surface area contributed by atoms with E-state index in [0.717, 1.165) is 89.9 Å². The molecular formula is C54H100O6. The summed E-state index contributed by atoms with van der Waals surface area (Å²) in [6.07, 6.45) is 55.9. The van der Waals surface area contributed by atoms with Crippen LogP contribution in [0.25, 0.3) is 0 Å². The Morgan fingerprint density at radius 2 is 0.633 bits per heavy atom. The molecule has 0 aliphatic heterocycles. The van der Waals surface area contributed by atoms with Gasteiger partial charge in [-0.15, -0.1) is 0 Å². The molecule has 0 aromatic rings. The quantitative estimate of drug-likeness (QED) is 0.0263. The second kappa shape index (κ2) is 49.5. The molecule has 0 N–H and O–H groups in total. The zero-order valence-electron chi connectivity index (χ0n) is 40.2. The average Bonchev–Trinajstić information content (AvgIpc) is 3.24. The average molecular weight is 845 g/mol. The molecule has 0 fully saturated rings. The second-order valence-electron chi connectivity index (χ2n) is 17.8. The molecule has 0 radical (unpaired) electrons. The number of hydrogen-bond donors (Lipinski definition) is 0. The molecule has 0 aromatic heterocycles. The van der Waals surface area contributed by atoms with Crippen molar-refractivity contribution < 1.29 is 28.6 Å². The van der Waals surface area contributed by atoms with Crippen molar-refractivity contribution in [3.63, 3.8) is 0 Å². The van der Waals surface area contributed by atoms with E-state index in [-0.39, 0.29) is 31.1 Å². The first kappa shape index (κ1) is 57.9. The SMILES string of the molecule is CCC/C=C\C/C=C\CCCCCCCC(=O)OC(COC(=O)CCCCCCCCCCCCCCC)COC(=O)CCCCCCCCCCCCCCCCCC. The van der Waals surface area contributed by atoms with Crippen LogP contribution in [0.4, 0.5) is 0 Å². The topological polar surface area (TPSA) is 78.9 Å². The Bertz CT molecular complexity index is 973. The van der Waals surface area contributed by atoms with Gasteiger partial charge in [-0.25, -0.2) is 0 Å². The summed E-state index contributed by atoms with van der Waals surface area (Å²) >= 11 is 0. The lowest BCUT2D eigenvalue weighted by Gasteiger charge is -2.18. The molecule has 0 aromatic carbocycles. The molecule has 0 rings (SSSR count). The Morgan fingerprint density at radius 1 is 0.333 bits per heavy atom. The maximum absolute atomic E-state index is 12.8. The Balaban J connectivity index is 4.33. The molecule has 60 heavy (non-hydrogen) atoms. The molecule has 6 heteroatoms. The highest BCUT2D eigenvalue weighted by Crippen LogP contribution is 2.16. The van der Waals surface area contributed by atoms with E-state index < -0.39 is 6.10 Å². The summed E-state index contributed by atoms with van der Waals surface area (Å²) in [6.45, 7) is 6.59. The Kier molecular flexibility index (Phi) is 47.8. The summed E-state index contributed by atoms with van der Waals surface area (Å²) in [5.41, 5.74) is 0. The number of allylic oxidation sites excluding steroid dienone is 4. The van der Waals surface area contributed by atoms with Gasteiger partial charge >= 0.3 is 17.9 Å². The van der Waals surface area contributed by atoms with Crippen LogP contribution in [0.5, 0.6) is 0 Å². The first-order chi connectivity index (χ1) is 29.5. The summed E-state index contributed by atoms with van der Waals surface area (Å²) < 4.78 is 16.8. The fourth-order valence-electron chi connectivity index (χ4n) is 7.72. The highest BCUT2D eigenvalue weighted by Gasteiger charge is 2.19. The molecule has 0 bridgehead atoms. The van der Waals surface area contributed by atoms with Crippen molar-refractivity contribution in [2.75, 3.05) is 13.2 Å². The normalized spacial score (nSPS) is 12.1. The minimum atomic E-state index is -0.772. The van der Waals surface area contributed by atoms with Gasteiger partial charge in [0.1, 0.15) is 13.2 Å². The number of carbonyl (C=O) groups is 3. The van der Waals surface area contributed by atoms with Crippen molar-refractivity contribution >= 4 is 17.9 Å². The van der Waals surface area contributed by atoms with Crippen LogP contribution < -0.4 is 0 Å². The molecule has 1 unspecified atom stereocenters. The van der Waals surface area contributed by atoms with Crippen LogP contribution in [0.15, 0.2) is 24.3 Å². The predicted octanol–water partition coefficient (Wildman–Crippen LogP) is 17.2. The number of rotatable bonds is 48. The third-order valence-electron chi connectivity index (χ3n) is 11.7. The number of ether oxygens (including phenoxy) is 3. The molecule has 1 atom stereocenters. The van der Waals surface area contributed by atoms with E-state index in [1.165, 1.54) is 154 Å². The van der Waals surface area contributed by atoms with Gasteiger partial charge in [0.25, 0.3) is 0 Å². The summed E-state index contributed by atoms with van der Waals surface area (Å²) in [4.78, 5) is 38.0. The van der Waals surface area contributed by atoms with Gasteiger partial charge in [-0.3, -0.25) is 14.4 Å². The van der Waals surface area contributed by atoms with E-state index in [1.54, 1.807) is 0 Å². The van der Waals surface area contributed by atoms with E-state index in [4.69, 9.17) is 14.2 Å². The van der Waals surface area contributed by atoms with Gasteiger partial charge in [-0.1, -0.05) is 244 Å². The Hall–Kier alpha value is -2.11. The molecule has 0 aliphatic rings. The van der Waals surface area contributed by atoms with Gasteiger partial charge in [0.15, 0.2) is 6.10 Å². The Morgan fingerprint density at radius 3 is 0.983 bits per heavy atom. The lowest BCUT2D eigenvalue weighted by molar-refractivity contribution is -0.167. The van der Waals surface area contributed by atoms with E-state index in [0.29, 0.717) is 19.3 Å². The van der Waals surface area contributed by atoms with Crippen LogP contribution >= 0.6 is 0 Å². The summed E-state index contributed by atoms with van der Waals surface area (Å²) in [5, 5.41) is 0. The van der Waals surface area contributed by atoms with Crippen LogP contribution in [-0.2, 0) is 28.6 Å². The van der Waals surface area contributed by atoms with Gasteiger partial charge < -0.3 is 14.2 Å². The number of carbonyl (C=O) groups excluding carboxylic acids is 3. The van der Waals surface area contributed by atoms with E-state index in [2.05, 4.69) is 45.1 Å². The van der Waals surface area contributed by atoms with Gasteiger partial charge in [0.05, 0.1) is 0 Å². The molecule has 0 saturated heterocycles. The minimum Gasteiger partial charge on any atom is -0.462 e. The lowest BCUT2D eigenvalue weighted by atomic mass is 10.0. The van der Waals surface area contributed by atoms with Crippen molar-refractivity contribution in [2.24, 2.45) is 0 Å². The molecule has 0 amide bonds. The first-order valence-corrected chi connectivity index (χ1v) is 26.3. The highest BCUT2D eigenvalue weighted by molar-refractivity contribution is 5.71. The molecule has 0 heterocycles. The zero-order chi connectivity index (χ0) is 43.7. The third kappa shape index (κ3) is 46.9. The monoisotopic (exact) mass is 845 g/mol. The zero-order valence-corrected chi connectivity index (χ0v) is 40.2. The van der Waals surface area contributed by atoms with Gasteiger partial charge in [0.2, 0.25) is 0 Å². The van der Waals surface area contributed by atoms with Crippen molar-refractivity contribution in [3.8, 4) is 0 Å². The molecule has 0 spiro atoms. The summed E-state index contributed by atoms with van der Waals surface area (Å²) in [5.74, 6) is -0.871.